The molecule has 8 heteroatoms. The van der Waals surface area contributed by atoms with Crippen LogP contribution in [0.5, 0.6) is 0 Å². The SMILES string of the molecule is CSC(C(=O)N1CCC(c2nnc3n2CCNC3)CC1)c1ccccc1.Cl. The Labute approximate surface area is 170 Å². The molecule has 2 aliphatic rings. The van der Waals surface area contributed by atoms with Crippen molar-refractivity contribution >= 4 is 30.1 Å². The monoisotopic (exact) mass is 407 g/mol. The van der Waals surface area contributed by atoms with E-state index < -0.39 is 0 Å². The number of halogens is 1. The molecule has 27 heavy (non-hydrogen) atoms. The molecule has 0 spiro atoms. The lowest BCUT2D eigenvalue weighted by Gasteiger charge is -2.34. The molecule has 0 bridgehead atoms. The van der Waals surface area contributed by atoms with Crippen molar-refractivity contribution in [1.82, 2.24) is 25.0 Å². The van der Waals surface area contributed by atoms with Crippen LogP contribution >= 0.6 is 24.2 Å². The predicted molar refractivity (Wildman–Crippen MR) is 110 cm³/mol. The van der Waals surface area contributed by atoms with Crippen molar-refractivity contribution in [2.45, 2.75) is 37.1 Å². The van der Waals surface area contributed by atoms with Gasteiger partial charge >= 0.3 is 0 Å². The van der Waals surface area contributed by atoms with Crippen LogP contribution in [0.25, 0.3) is 0 Å². The molecule has 2 aromatic rings. The Balaban J connectivity index is 0.00000210. The van der Waals surface area contributed by atoms with E-state index in [1.165, 1.54) is 0 Å². The molecule has 1 atom stereocenters. The van der Waals surface area contributed by atoms with Crippen molar-refractivity contribution in [2.75, 3.05) is 25.9 Å². The molecule has 1 saturated heterocycles. The van der Waals surface area contributed by atoms with Crippen molar-refractivity contribution in [3.05, 3.63) is 47.5 Å². The van der Waals surface area contributed by atoms with Gasteiger partial charge < -0.3 is 14.8 Å². The molecule has 1 fully saturated rings. The Morgan fingerprint density at radius 2 is 1.93 bits per heavy atom. The number of aromatic nitrogens is 3. The van der Waals surface area contributed by atoms with E-state index in [4.69, 9.17) is 0 Å². The maximum absolute atomic E-state index is 13.0. The van der Waals surface area contributed by atoms with Crippen LogP contribution in [0.1, 0.15) is 41.2 Å². The molecular formula is C19H26ClN5OS. The quantitative estimate of drug-likeness (QED) is 0.844. The average molecular weight is 408 g/mol. The van der Waals surface area contributed by atoms with Crippen molar-refractivity contribution in [1.29, 1.82) is 0 Å². The number of piperidine rings is 1. The van der Waals surface area contributed by atoms with Crippen LogP contribution < -0.4 is 5.32 Å². The second-order valence-electron chi connectivity index (χ2n) is 6.93. The summed E-state index contributed by atoms with van der Waals surface area (Å²) in [6, 6.07) is 10.1. The molecule has 146 valence electrons. The lowest BCUT2D eigenvalue weighted by atomic mass is 9.95. The van der Waals surface area contributed by atoms with Crippen LogP contribution in [-0.4, -0.2) is 51.5 Å². The lowest BCUT2D eigenvalue weighted by molar-refractivity contribution is -0.131. The van der Waals surface area contributed by atoms with E-state index in [0.717, 1.165) is 62.8 Å². The smallest absolute Gasteiger partial charge is 0.240 e. The topological polar surface area (TPSA) is 63.1 Å². The van der Waals surface area contributed by atoms with Gasteiger partial charge in [-0.25, -0.2) is 0 Å². The van der Waals surface area contributed by atoms with Crippen LogP contribution in [0.3, 0.4) is 0 Å². The van der Waals surface area contributed by atoms with Crippen molar-refractivity contribution in [3.63, 3.8) is 0 Å². The Morgan fingerprint density at radius 3 is 2.63 bits per heavy atom. The van der Waals surface area contributed by atoms with E-state index in [0.29, 0.717) is 5.92 Å². The summed E-state index contributed by atoms with van der Waals surface area (Å²) in [6.07, 6.45) is 3.94. The summed E-state index contributed by atoms with van der Waals surface area (Å²) in [4.78, 5) is 15.0. The van der Waals surface area contributed by atoms with E-state index in [-0.39, 0.29) is 23.6 Å². The second-order valence-corrected chi connectivity index (χ2v) is 7.87. The average Bonchev–Trinajstić information content (AvgIpc) is 3.13. The number of carbonyl (C=O) groups excluding carboxylic acids is 1. The molecule has 1 aromatic heterocycles. The van der Waals surface area contributed by atoms with Gasteiger partial charge in [-0.05, 0) is 24.7 Å². The molecule has 3 heterocycles. The van der Waals surface area contributed by atoms with Crippen molar-refractivity contribution in [3.8, 4) is 0 Å². The molecule has 4 rings (SSSR count). The highest BCUT2D eigenvalue weighted by Gasteiger charge is 2.31. The molecular weight excluding hydrogens is 382 g/mol. The first-order valence-corrected chi connectivity index (χ1v) is 10.6. The summed E-state index contributed by atoms with van der Waals surface area (Å²) in [5.74, 6) is 2.78. The molecule has 1 unspecified atom stereocenters. The fourth-order valence-corrected chi connectivity index (χ4v) is 4.73. The third kappa shape index (κ3) is 4.15. The van der Waals surface area contributed by atoms with Gasteiger partial charge in [0.1, 0.15) is 16.9 Å². The van der Waals surface area contributed by atoms with E-state index in [1.54, 1.807) is 11.8 Å². The number of nitrogens with one attached hydrogen (secondary N) is 1. The van der Waals surface area contributed by atoms with Crippen LogP contribution in [0.2, 0.25) is 0 Å². The fraction of sp³-hybridized carbons (Fsp3) is 0.526. The van der Waals surface area contributed by atoms with Crippen molar-refractivity contribution in [2.24, 2.45) is 0 Å². The normalized spacial score (nSPS) is 18.5. The molecule has 0 saturated carbocycles. The fourth-order valence-electron chi connectivity index (χ4n) is 3.95. The van der Waals surface area contributed by atoms with Gasteiger partial charge in [-0.15, -0.1) is 34.4 Å². The van der Waals surface area contributed by atoms with Crippen LogP contribution in [-0.2, 0) is 17.9 Å². The molecule has 0 radical (unpaired) electrons. The Bertz CT molecular complexity index is 761. The van der Waals surface area contributed by atoms with Gasteiger partial charge in [0, 0.05) is 32.1 Å². The van der Waals surface area contributed by atoms with Crippen molar-refractivity contribution < 1.29 is 4.79 Å². The number of hydrogen-bond acceptors (Lipinski definition) is 5. The summed E-state index contributed by atoms with van der Waals surface area (Å²) in [6.45, 7) is 4.32. The molecule has 1 aromatic carbocycles. The number of rotatable bonds is 4. The zero-order chi connectivity index (χ0) is 17.9. The third-order valence-electron chi connectivity index (χ3n) is 5.39. The number of amides is 1. The zero-order valence-electron chi connectivity index (χ0n) is 15.5. The predicted octanol–water partition coefficient (Wildman–Crippen LogP) is 2.61. The minimum atomic E-state index is -0.111. The summed E-state index contributed by atoms with van der Waals surface area (Å²) in [5.41, 5.74) is 1.09. The van der Waals surface area contributed by atoms with Crippen LogP contribution in [0.4, 0.5) is 0 Å². The highest BCUT2D eigenvalue weighted by Crippen LogP contribution is 2.33. The van der Waals surface area contributed by atoms with Gasteiger partial charge in [0.15, 0.2) is 0 Å². The number of carbonyl (C=O) groups is 1. The number of fused-ring (bicyclic) bond motifs is 1. The van der Waals surface area contributed by atoms with Gasteiger partial charge in [0.2, 0.25) is 5.91 Å². The standard InChI is InChI=1S/C19H25N5OS.ClH/c1-26-17(14-5-3-2-4-6-14)19(25)23-10-7-15(8-11-23)18-22-21-16-13-20-9-12-24(16)18;/h2-6,15,17,20H,7-13H2,1H3;1H. The summed E-state index contributed by atoms with van der Waals surface area (Å²) < 4.78 is 2.27. The molecule has 1 amide bonds. The third-order valence-corrected chi connectivity index (χ3v) is 6.33. The van der Waals surface area contributed by atoms with Crippen LogP contribution in [0.15, 0.2) is 30.3 Å². The minimum Gasteiger partial charge on any atom is -0.341 e. The highest BCUT2D eigenvalue weighted by atomic mass is 35.5. The maximum Gasteiger partial charge on any atom is 0.240 e. The maximum atomic E-state index is 13.0. The Morgan fingerprint density at radius 1 is 1.19 bits per heavy atom. The van der Waals surface area contributed by atoms with Crippen LogP contribution in [0, 0.1) is 0 Å². The summed E-state index contributed by atoms with van der Waals surface area (Å²) in [5, 5.41) is 12.0. The lowest BCUT2D eigenvalue weighted by Crippen LogP contribution is -2.40. The highest BCUT2D eigenvalue weighted by molar-refractivity contribution is 7.99. The molecule has 1 N–H and O–H groups in total. The first-order chi connectivity index (χ1) is 12.8. The molecule has 6 nitrogen and oxygen atoms in total. The van der Waals surface area contributed by atoms with Gasteiger partial charge in [0.25, 0.3) is 0 Å². The zero-order valence-corrected chi connectivity index (χ0v) is 17.1. The summed E-state index contributed by atoms with van der Waals surface area (Å²) >= 11 is 1.62. The van der Waals surface area contributed by atoms with E-state index in [2.05, 4.69) is 20.1 Å². The van der Waals surface area contributed by atoms with E-state index in [9.17, 15) is 4.79 Å². The van der Waals surface area contributed by atoms with E-state index in [1.807, 2.05) is 41.5 Å². The van der Waals surface area contributed by atoms with Gasteiger partial charge in [-0.3, -0.25) is 4.79 Å². The van der Waals surface area contributed by atoms with Gasteiger partial charge in [-0.1, -0.05) is 30.3 Å². The minimum absolute atomic E-state index is 0. The number of nitrogens with zero attached hydrogens (tertiary/aromatic N) is 4. The number of benzene rings is 1. The van der Waals surface area contributed by atoms with Gasteiger partial charge in [0.05, 0.1) is 6.54 Å². The summed E-state index contributed by atoms with van der Waals surface area (Å²) in [7, 11) is 0. The first kappa shape index (κ1) is 20.2. The Kier molecular flexibility index (Phi) is 6.78. The largest absolute Gasteiger partial charge is 0.341 e. The second kappa shape index (κ2) is 9.08. The molecule has 2 aliphatic heterocycles. The number of hydrogen-bond donors (Lipinski definition) is 1. The molecule has 0 aliphatic carbocycles. The first-order valence-electron chi connectivity index (χ1n) is 9.27. The number of thioether (sulfide) groups is 1. The van der Waals surface area contributed by atoms with E-state index >= 15 is 0 Å². The Hall–Kier alpha value is -1.57. The number of likely N-dealkylation sites (tertiary alicyclic amines) is 1. The van der Waals surface area contributed by atoms with Gasteiger partial charge in [-0.2, -0.15) is 0 Å².